The first-order valence-electron chi connectivity index (χ1n) is 9.79. The van der Waals surface area contributed by atoms with Crippen molar-refractivity contribution in [1.82, 2.24) is 10.2 Å². The van der Waals surface area contributed by atoms with E-state index in [9.17, 15) is 9.59 Å². The maximum absolute atomic E-state index is 12.4. The molecule has 3 rings (SSSR count). The summed E-state index contributed by atoms with van der Waals surface area (Å²) in [5.41, 5.74) is 2.26. The van der Waals surface area contributed by atoms with Crippen molar-refractivity contribution >= 4 is 29.1 Å². The second-order valence-electron chi connectivity index (χ2n) is 7.01. The maximum Gasteiger partial charge on any atom is 0.313 e. The standard InChI is InChI=1S/C22H26ClN3O4/c1-15-18(23)4-3-5-19(15)25-22(28)21(27)24-14-20(26-10-12-30-13-11-26)16-6-8-17(29-2)9-7-16/h3-9,20H,10-14H2,1-2H3,(H,24,27)(H,25,28)/t20-/m0/s1. The molecule has 2 aromatic carbocycles. The molecule has 0 unspecified atom stereocenters. The van der Waals surface area contributed by atoms with Crippen molar-refractivity contribution in [1.29, 1.82) is 0 Å². The minimum atomic E-state index is -0.726. The fourth-order valence-electron chi connectivity index (χ4n) is 3.36. The number of hydrogen-bond donors (Lipinski definition) is 2. The molecule has 2 N–H and O–H groups in total. The van der Waals surface area contributed by atoms with Gasteiger partial charge in [-0.15, -0.1) is 0 Å². The zero-order valence-electron chi connectivity index (χ0n) is 17.1. The van der Waals surface area contributed by atoms with Crippen LogP contribution in [0.2, 0.25) is 5.02 Å². The van der Waals surface area contributed by atoms with Gasteiger partial charge in [-0.2, -0.15) is 0 Å². The van der Waals surface area contributed by atoms with Gasteiger partial charge in [-0.25, -0.2) is 0 Å². The van der Waals surface area contributed by atoms with Crippen LogP contribution >= 0.6 is 11.6 Å². The van der Waals surface area contributed by atoms with E-state index in [1.54, 1.807) is 32.2 Å². The van der Waals surface area contributed by atoms with Crippen LogP contribution in [0.25, 0.3) is 0 Å². The van der Waals surface area contributed by atoms with E-state index in [1.807, 2.05) is 24.3 Å². The third kappa shape index (κ3) is 5.50. The number of halogens is 1. The molecule has 1 aliphatic rings. The van der Waals surface area contributed by atoms with Gasteiger partial charge in [0.05, 0.1) is 26.4 Å². The Hall–Kier alpha value is -2.61. The number of amides is 2. The van der Waals surface area contributed by atoms with Crippen LogP contribution in [0.15, 0.2) is 42.5 Å². The third-order valence-corrected chi connectivity index (χ3v) is 5.57. The normalized spacial score (nSPS) is 15.3. The predicted octanol–water partition coefficient (Wildman–Crippen LogP) is 2.79. The van der Waals surface area contributed by atoms with E-state index < -0.39 is 11.8 Å². The Labute approximate surface area is 181 Å². The third-order valence-electron chi connectivity index (χ3n) is 5.17. The molecule has 1 aliphatic heterocycles. The number of nitrogens with one attached hydrogen (secondary N) is 2. The molecule has 30 heavy (non-hydrogen) atoms. The van der Waals surface area contributed by atoms with Crippen LogP contribution in [0, 0.1) is 6.92 Å². The summed E-state index contributed by atoms with van der Waals surface area (Å²) in [5, 5.41) is 5.91. The fourth-order valence-corrected chi connectivity index (χ4v) is 3.54. The highest BCUT2D eigenvalue weighted by atomic mass is 35.5. The molecule has 2 aromatic rings. The molecule has 0 bridgehead atoms. The Morgan fingerprint density at radius 2 is 1.83 bits per heavy atom. The first-order chi connectivity index (χ1) is 14.5. The average Bonchev–Trinajstić information content (AvgIpc) is 2.78. The molecule has 1 heterocycles. The molecule has 2 amide bonds. The summed E-state index contributed by atoms with van der Waals surface area (Å²) in [4.78, 5) is 27.1. The SMILES string of the molecule is COc1ccc([C@H](CNC(=O)C(=O)Nc2cccc(Cl)c2C)N2CCOCC2)cc1. The molecule has 8 heteroatoms. The Balaban J connectivity index is 1.67. The van der Waals surface area contributed by atoms with E-state index in [1.165, 1.54) is 0 Å². The lowest BCUT2D eigenvalue weighted by molar-refractivity contribution is -0.136. The second kappa shape index (κ2) is 10.4. The van der Waals surface area contributed by atoms with E-state index in [-0.39, 0.29) is 6.04 Å². The number of hydrogen-bond acceptors (Lipinski definition) is 5. The minimum absolute atomic E-state index is 0.0792. The number of rotatable bonds is 6. The zero-order chi connectivity index (χ0) is 21.5. The first kappa shape index (κ1) is 22.1. The lowest BCUT2D eigenvalue weighted by atomic mass is 10.0. The number of morpholine rings is 1. The van der Waals surface area contributed by atoms with E-state index >= 15 is 0 Å². The molecule has 0 saturated carbocycles. The molecule has 0 radical (unpaired) electrons. The number of methoxy groups -OCH3 is 1. The average molecular weight is 432 g/mol. The van der Waals surface area contributed by atoms with Gasteiger partial charge in [0.1, 0.15) is 5.75 Å². The lowest BCUT2D eigenvalue weighted by Crippen LogP contribution is -2.45. The predicted molar refractivity (Wildman–Crippen MR) is 116 cm³/mol. The zero-order valence-corrected chi connectivity index (χ0v) is 17.9. The molecular weight excluding hydrogens is 406 g/mol. The fraction of sp³-hybridized carbons (Fsp3) is 0.364. The molecular formula is C22H26ClN3O4. The summed E-state index contributed by atoms with van der Waals surface area (Å²) < 4.78 is 10.7. The molecule has 160 valence electrons. The number of carbonyl (C=O) groups is 2. The van der Waals surface area contributed by atoms with Crippen LogP contribution in [0.5, 0.6) is 5.75 Å². The molecule has 1 atom stereocenters. The molecule has 0 spiro atoms. The van der Waals surface area contributed by atoms with E-state index in [2.05, 4.69) is 15.5 Å². The van der Waals surface area contributed by atoms with Crippen molar-refractivity contribution in [3.63, 3.8) is 0 Å². The van der Waals surface area contributed by atoms with Crippen LogP contribution in [-0.2, 0) is 14.3 Å². The van der Waals surface area contributed by atoms with Gasteiger partial charge < -0.3 is 20.1 Å². The summed E-state index contributed by atoms with van der Waals surface area (Å²) in [7, 11) is 1.62. The molecule has 1 fully saturated rings. The quantitative estimate of drug-likeness (QED) is 0.687. The summed E-state index contributed by atoms with van der Waals surface area (Å²) in [6.07, 6.45) is 0. The highest BCUT2D eigenvalue weighted by Crippen LogP contribution is 2.24. The molecule has 7 nitrogen and oxygen atoms in total. The Morgan fingerprint density at radius 1 is 1.13 bits per heavy atom. The van der Waals surface area contributed by atoms with Gasteiger partial charge in [0.2, 0.25) is 0 Å². The van der Waals surface area contributed by atoms with Gasteiger partial charge in [0, 0.05) is 30.3 Å². The van der Waals surface area contributed by atoms with Crippen molar-refractivity contribution in [3.8, 4) is 5.75 Å². The van der Waals surface area contributed by atoms with Gasteiger partial charge in [-0.3, -0.25) is 14.5 Å². The first-order valence-corrected chi connectivity index (χ1v) is 10.2. The van der Waals surface area contributed by atoms with Gasteiger partial charge in [-0.05, 0) is 42.3 Å². The summed E-state index contributed by atoms with van der Waals surface area (Å²) in [6, 6.07) is 12.8. The van der Waals surface area contributed by atoms with Gasteiger partial charge in [-0.1, -0.05) is 29.8 Å². The van der Waals surface area contributed by atoms with E-state index in [0.717, 1.165) is 24.4 Å². The number of nitrogens with zero attached hydrogens (tertiary/aromatic N) is 1. The summed E-state index contributed by atoms with van der Waals surface area (Å²) in [5.74, 6) is -0.656. The smallest absolute Gasteiger partial charge is 0.313 e. The van der Waals surface area contributed by atoms with Crippen molar-refractivity contribution in [2.75, 3.05) is 45.3 Å². The van der Waals surface area contributed by atoms with Crippen LogP contribution < -0.4 is 15.4 Å². The number of benzene rings is 2. The van der Waals surface area contributed by atoms with Crippen LogP contribution in [0.1, 0.15) is 17.2 Å². The molecule has 0 aliphatic carbocycles. The van der Waals surface area contributed by atoms with E-state index in [4.69, 9.17) is 21.1 Å². The Morgan fingerprint density at radius 3 is 2.50 bits per heavy atom. The Kier molecular flexibility index (Phi) is 7.68. The van der Waals surface area contributed by atoms with Gasteiger partial charge >= 0.3 is 11.8 Å². The highest BCUT2D eigenvalue weighted by molar-refractivity contribution is 6.40. The molecule has 0 aromatic heterocycles. The topological polar surface area (TPSA) is 79.9 Å². The minimum Gasteiger partial charge on any atom is -0.497 e. The molecule has 1 saturated heterocycles. The summed E-state index contributed by atoms with van der Waals surface area (Å²) in [6.45, 7) is 4.85. The largest absolute Gasteiger partial charge is 0.497 e. The maximum atomic E-state index is 12.4. The van der Waals surface area contributed by atoms with Crippen LogP contribution in [0.4, 0.5) is 5.69 Å². The van der Waals surface area contributed by atoms with Crippen molar-refractivity contribution < 1.29 is 19.1 Å². The monoisotopic (exact) mass is 431 g/mol. The van der Waals surface area contributed by atoms with Crippen LogP contribution in [0.3, 0.4) is 0 Å². The van der Waals surface area contributed by atoms with Crippen LogP contribution in [-0.4, -0.2) is 56.7 Å². The lowest BCUT2D eigenvalue weighted by Gasteiger charge is -2.35. The number of ether oxygens (including phenoxy) is 2. The van der Waals surface area contributed by atoms with E-state index in [0.29, 0.717) is 36.0 Å². The van der Waals surface area contributed by atoms with Crippen molar-refractivity contribution in [3.05, 3.63) is 58.6 Å². The van der Waals surface area contributed by atoms with Gasteiger partial charge in [0.25, 0.3) is 0 Å². The van der Waals surface area contributed by atoms with Gasteiger partial charge in [0.15, 0.2) is 0 Å². The van der Waals surface area contributed by atoms with Crippen molar-refractivity contribution in [2.24, 2.45) is 0 Å². The number of carbonyl (C=O) groups excluding carboxylic acids is 2. The number of anilines is 1. The summed E-state index contributed by atoms with van der Waals surface area (Å²) >= 11 is 6.08. The highest BCUT2D eigenvalue weighted by Gasteiger charge is 2.25. The second-order valence-corrected chi connectivity index (χ2v) is 7.42. The van der Waals surface area contributed by atoms with Crippen molar-refractivity contribution in [2.45, 2.75) is 13.0 Å². The Bertz CT molecular complexity index is 882.